The van der Waals surface area contributed by atoms with Crippen LogP contribution in [0.25, 0.3) is 16.9 Å². The Kier molecular flexibility index (Phi) is 3.89. The molecule has 0 saturated carbocycles. The number of rotatable bonds is 5. The summed E-state index contributed by atoms with van der Waals surface area (Å²) in [4.78, 5) is 12.2. The van der Waals surface area contributed by atoms with E-state index >= 15 is 0 Å². The maximum Gasteiger partial charge on any atom is 0.312 e. The molecule has 0 radical (unpaired) electrons. The highest BCUT2D eigenvalue weighted by molar-refractivity contribution is 5.83. The lowest BCUT2D eigenvalue weighted by molar-refractivity contribution is 0.544. The van der Waals surface area contributed by atoms with Crippen LogP contribution in [-0.2, 0) is 13.1 Å². The fraction of sp³-hybridized carbons (Fsp3) is 0.167. The first-order chi connectivity index (χ1) is 12.2. The average molecular weight is 336 g/mol. The van der Waals surface area contributed by atoms with Crippen LogP contribution in [0.15, 0.2) is 55.1 Å². The molecule has 0 amide bonds. The van der Waals surface area contributed by atoms with E-state index in [1.807, 2.05) is 53.4 Å². The molecule has 6 nitrogen and oxygen atoms in total. The van der Waals surface area contributed by atoms with Crippen molar-refractivity contribution in [2.45, 2.75) is 20.0 Å². The van der Waals surface area contributed by atoms with Crippen molar-refractivity contribution in [3.63, 3.8) is 0 Å². The molecule has 25 heavy (non-hydrogen) atoms. The molecule has 3 aromatic heterocycles. The molecule has 4 rings (SSSR count). The van der Waals surface area contributed by atoms with Gasteiger partial charge in [0.2, 0.25) is 0 Å². The van der Waals surface area contributed by atoms with E-state index < -0.39 is 6.08 Å². The third kappa shape index (κ3) is 2.96. The molecule has 0 fully saturated rings. The minimum Gasteiger partial charge on any atom is -0.364 e. The Bertz CT molecular complexity index is 1010. The number of halogens is 1. The summed E-state index contributed by atoms with van der Waals surface area (Å²) in [6.45, 7) is 3.45. The van der Waals surface area contributed by atoms with Crippen LogP contribution in [-0.4, -0.2) is 24.1 Å². The summed E-state index contributed by atoms with van der Waals surface area (Å²) in [5.41, 5.74) is 2.95. The van der Waals surface area contributed by atoms with Crippen molar-refractivity contribution in [2.24, 2.45) is 0 Å². The Morgan fingerprint density at radius 3 is 2.72 bits per heavy atom. The predicted octanol–water partition coefficient (Wildman–Crippen LogP) is 3.39. The molecular weight excluding hydrogens is 319 g/mol. The molecule has 1 N–H and O–H groups in total. The summed E-state index contributed by atoms with van der Waals surface area (Å²) in [7, 11) is 0. The highest BCUT2D eigenvalue weighted by Gasteiger charge is 2.14. The summed E-state index contributed by atoms with van der Waals surface area (Å²) >= 11 is 0. The highest BCUT2D eigenvalue weighted by atomic mass is 19.1. The van der Waals surface area contributed by atoms with Crippen LogP contribution in [0.3, 0.4) is 0 Å². The van der Waals surface area contributed by atoms with E-state index in [9.17, 15) is 4.39 Å². The van der Waals surface area contributed by atoms with Gasteiger partial charge in [-0.2, -0.15) is 14.4 Å². The molecule has 3 heterocycles. The van der Waals surface area contributed by atoms with Crippen molar-refractivity contribution in [1.29, 1.82) is 0 Å². The highest BCUT2D eigenvalue weighted by Crippen LogP contribution is 2.22. The van der Waals surface area contributed by atoms with Gasteiger partial charge in [-0.3, -0.25) is 4.57 Å². The number of nitrogens with one attached hydrogen (secondary N) is 1. The van der Waals surface area contributed by atoms with Gasteiger partial charge in [-0.15, -0.1) is 0 Å². The third-order valence-electron chi connectivity index (χ3n) is 4.05. The van der Waals surface area contributed by atoms with Gasteiger partial charge < -0.3 is 9.88 Å². The monoisotopic (exact) mass is 336 g/mol. The first-order valence-electron chi connectivity index (χ1n) is 8.09. The summed E-state index contributed by atoms with van der Waals surface area (Å²) in [5.74, 6) is 0.389. The number of benzene rings is 1. The molecule has 0 aliphatic heterocycles. The molecule has 0 spiro atoms. The molecule has 0 unspecified atom stereocenters. The van der Waals surface area contributed by atoms with Crippen LogP contribution in [0.5, 0.6) is 0 Å². The molecule has 0 bridgehead atoms. The van der Waals surface area contributed by atoms with E-state index in [1.165, 1.54) is 0 Å². The average Bonchev–Trinajstić information content (AvgIpc) is 3.26. The van der Waals surface area contributed by atoms with Crippen molar-refractivity contribution < 1.29 is 4.39 Å². The second-order valence-corrected chi connectivity index (χ2v) is 5.67. The summed E-state index contributed by atoms with van der Waals surface area (Å²) in [5, 5.41) is 3.15. The lowest BCUT2D eigenvalue weighted by Gasteiger charge is -2.07. The Balaban J connectivity index is 1.71. The first kappa shape index (κ1) is 15.3. The molecule has 4 aromatic rings. The van der Waals surface area contributed by atoms with Gasteiger partial charge in [0.25, 0.3) is 0 Å². The van der Waals surface area contributed by atoms with E-state index in [-0.39, 0.29) is 0 Å². The number of aromatic nitrogens is 5. The predicted molar refractivity (Wildman–Crippen MR) is 94.1 cm³/mol. The van der Waals surface area contributed by atoms with Crippen molar-refractivity contribution in [3.8, 4) is 5.69 Å². The van der Waals surface area contributed by atoms with Gasteiger partial charge in [-0.1, -0.05) is 30.3 Å². The number of nitrogens with zero attached hydrogens (tertiary/aromatic N) is 5. The van der Waals surface area contributed by atoms with Crippen LogP contribution < -0.4 is 5.32 Å². The minimum absolute atomic E-state index is 0.389. The minimum atomic E-state index is -0.778. The third-order valence-corrected chi connectivity index (χ3v) is 4.05. The normalized spacial score (nSPS) is 11.1. The van der Waals surface area contributed by atoms with Gasteiger partial charge in [0.15, 0.2) is 17.0 Å². The van der Waals surface area contributed by atoms with Crippen molar-refractivity contribution in [1.82, 2.24) is 24.1 Å². The second kappa shape index (κ2) is 6.35. The zero-order valence-electron chi connectivity index (χ0n) is 13.7. The van der Waals surface area contributed by atoms with Crippen molar-refractivity contribution in [3.05, 3.63) is 66.8 Å². The van der Waals surface area contributed by atoms with Gasteiger partial charge in [0.1, 0.15) is 6.33 Å². The number of hydrogen-bond acceptors (Lipinski definition) is 4. The standard InChI is InChI=1S/C18H17FN6/c1-2-24-9-8-14(11-24)25-12-21-15-16(22-18(19)23-17(15)25)20-10-13-6-4-3-5-7-13/h3-9,11-12H,2,10H2,1H3,(H,20,22,23). The van der Waals surface area contributed by atoms with Gasteiger partial charge in [0.05, 0.1) is 5.69 Å². The largest absolute Gasteiger partial charge is 0.364 e. The van der Waals surface area contributed by atoms with Gasteiger partial charge in [-0.05, 0) is 18.6 Å². The molecule has 1 aromatic carbocycles. The Morgan fingerprint density at radius 2 is 1.96 bits per heavy atom. The van der Waals surface area contributed by atoms with E-state index in [4.69, 9.17) is 0 Å². The molecule has 0 aliphatic rings. The summed E-state index contributed by atoms with van der Waals surface area (Å²) < 4.78 is 17.8. The van der Waals surface area contributed by atoms with Crippen molar-refractivity contribution >= 4 is 17.0 Å². The number of fused-ring (bicyclic) bond motifs is 1. The van der Waals surface area contributed by atoms with Gasteiger partial charge in [0, 0.05) is 25.5 Å². The smallest absolute Gasteiger partial charge is 0.312 e. The van der Waals surface area contributed by atoms with Gasteiger partial charge >= 0.3 is 6.08 Å². The topological polar surface area (TPSA) is 60.6 Å². The van der Waals surface area contributed by atoms with Gasteiger partial charge in [-0.25, -0.2) is 4.98 Å². The Hall–Kier alpha value is -3.22. The van der Waals surface area contributed by atoms with Crippen LogP contribution in [0.1, 0.15) is 12.5 Å². The van der Waals surface area contributed by atoms with Crippen LogP contribution >= 0.6 is 0 Å². The van der Waals surface area contributed by atoms with E-state index in [0.29, 0.717) is 23.5 Å². The second-order valence-electron chi connectivity index (χ2n) is 5.67. The van der Waals surface area contributed by atoms with Crippen molar-refractivity contribution in [2.75, 3.05) is 5.32 Å². The Morgan fingerprint density at radius 1 is 1.12 bits per heavy atom. The number of hydrogen-bond donors (Lipinski definition) is 1. The Labute approximate surface area is 144 Å². The zero-order valence-corrected chi connectivity index (χ0v) is 13.7. The van der Waals surface area contributed by atoms with Crippen LogP contribution in [0.4, 0.5) is 10.2 Å². The zero-order chi connectivity index (χ0) is 17.2. The van der Waals surface area contributed by atoms with E-state index in [2.05, 4.69) is 27.2 Å². The number of aryl methyl sites for hydroxylation is 1. The SMILES string of the molecule is CCn1ccc(-n2cnc3c(NCc4ccccc4)nc(F)nc32)c1. The van der Waals surface area contributed by atoms with E-state index in [1.54, 1.807) is 10.9 Å². The quantitative estimate of drug-likeness (QED) is 0.568. The fourth-order valence-corrected chi connectivity index (χ4v) is 2.73. The lowest BCUT2D eigenvalue weighted by atomic mass is 10.2. The number of anilines is 1. The molecule has 126 valence electrons. The first-order valence-corrected chi connectivity index (χ1v) is 8.09. The molecule has 0 atom stereocenters. The lowest BCUT2D eigenvalue weighted by Crippen LogP contribution is -2.05. The maximum atomic E-state index is 14.0. The molecule has 0 saturated heterocycles. The maximum absolute atomic E-state index is 14.0. The van der Waals surface area contributed by atoms with Crippen LogP contribution in [0, 0.1) is 6.08 Å². The molecule has 7 heteroatoms. The number of imidazole rings is 1. The van der Waals surface area contributed by atoms with E-state index in [0.717, 1.165) is 17.8 Å². The summed E-state index contributed by atoms with van der Waals surface area (Å²) in [6, 6.07) is 11.8. The fourth-order valence-electron chi connectivity index (χ4n) is 2.73. The van der Waals surface area contributed by atoms with Crippen LogP contribution in [0.2, 0.25) is 0 Å². The molecule has 0 aliphatic carbocycles. The molecular formula is C18H17FN6. The summed E-state index contributed by atoms with van der Waals surface area (Å²) in [6.07, 6.45) is 4.80.